The van der Waals surface area contributed by atoms with Crippen LogP contribution in [-0.2, 0) is 4.74 Å². The number of carbonyl (C=O) groups excluding carboxylic acids is 1. The molecule has 2 N–H and O–H groups in total. The van der Waals surface area contributed by atoms with Gasteiger partial charge in [-0.25, -0.2) is 9.18 Å². The van der Waals surface area contributed by atoms with E-state index in [9.17, 15) is 9.18 Å². The molecule has 0 aliphatic heterocycles. The van der Waals surface area contributed by atoms with E-state index in [-0.39, 0.29) is 11.9 Å². The second-order valence-electron chi connectivity index (χ2n) is 6.74. The number of rotatable bonds is 4. The molecule has 0 heterocycles. The molecule has 6 heteroatoms. The summed E-state index contributed by atoms with van der Waals surface area (Å²) in [5, 5.41) is 5.91. The highest BCUT2D eigenvalue weighted by Crippen LogP contribution is 2.25. The van der Waals surface area contributed by atoms with Gasteiger partial charge in [-0.15, -0.1) is 0 Å². The first-order chi connectivity index (χ1) is 11.6. The van der Waals surface area contributed by atoms with Crippen LogP contribution in [0, 0.1) is 5.82 Å². The summed E-state index contributed by atoms with van der Waals surface area (Å²) in [7, 11) is 0. The van der Waals surface area contributed by atoms with Gasteiger partial charge in [0.25, 0.3) is 0 Å². The van der Waals surface area contributed by atoms with Crippen molar-refractivity contribution >= 4 is 33.4 Å². The maximum absolute atomic E-state index is 13.9. The summed E-state index contributed by atoms with van der Waals surface area (Å²) in [4.78, 5) is 11.8. The van der Waals surface area contributed by atoms with Gasteiger partial charge in [-0.3, -0.25) is 5.32 Å². The summed E-state index contributed by atoms with van der Waals surface area (Å²) in [5.41, 5.74) is 1.47. The minimum Gasteiger partial charge on any atom is -0.444 e. The van der Waals surface area contributed by atoms with E-state index in [4.69, 9.17) is 4.74 Å². The summed E-state index contributed by atoms with van der Waals surface area (Å²) in [6, 6.07) is 11.8. The molecule has 0 spiro atoms. The molecule has 2 aromatic rings. The van der Waals surface area contributed by atoms with Crippen molar-refractivity contribution in [2.45, 2.75) is 39.3 Å². The Labute approximate surface area is 155 Å². The van der Waals surface area contributed by atoms with Crippen LogP contribution in [0.5, 0.6) is 0 Å². The van der Waals surface area contributed by atoms with Gasteiger partial charge in [0.1, 0.15) is 11.4 Å². The van der Waals surface area contributed by atoms with Crippen LogP contribution in [0.15, 0.2) is 46.9 Å². The molecule has 0 radical (unpaired) electrons. The Balaban J connectivity index is 2.00. The van der Waals surface area contributed by atoms with Crippen LogP contribution in [0.2, 0.25) is 0 Å². The van der Waals surface area contributed by atoms with Gasteiger partial charge in [0.2, 0.25) is 0 Å². The minimum atomic E-state index is -0.547. The number of nitrogens with one attached hydrogen (secondary N) is 2. The highest BCUT2D eigenvalue weighted by molar-refractivity contribution is 9.10. The molecule has 0 aliphatic carbocycles. The number of hydrogen-bond donors (Lipinski definition) is 2. The molecule has 2 rings (SSSR count). The highest BCUT2D eigenvalue weighted by Gasteiger charge is 2.16. The number of amides is 1. The molecule has 25 heavy (non-hydrogen) atoms. The Bertz CT molecular complexity index is 742. The average molecular weight is 409 g/mol. The van der Waals surface area contributed by atoms with Crippen molar-refractivity contribution < 1.29 is 13.9 Å². The number of benzene rings is 2. The molecule has 1 atom stereocenters. The van der Waals surface area contributed by atoms with Crippen LogP contribution in [-0.4, -0.2) is 11.7 Å². The Kier molecular flexibility index (Phi) is 6.06. The molecule has 0 aromatic heterocycles. The van der Waals surface area contributed by atoms with Crippen molar-refractivity contribution in [3.63, 3.8) is 0 Å². The minimum absolute atomic E-state index is 0.206. The molecule has 0 aliphatic rings. The predicted octanol–water partition coefficient (Wildman–Crippen LogP) is 6.11. The van der Waals surface area contributed by atoms with Gasteiger partial charge in [-0.05, 0) is 70.2 Å². The molecule has 0 saturated heterocycles. The van der Waals surface area contributed by atoms with E-state index in [1.165, 1.54) is 6.07 Å². The lowest BCUT2D eigenvalue weighted by molar-refractivity contribution is 0.0636. The van der Waals surface area contributed by atoms with Crippen molar-refractivity contribution in [1.82, 2.24) is 0 Å². The fraction of sp³-hybridized carbons (Fsp3) is 0.316. The number of anilines is 2. The zero-order chi connectivity index (χ0) is 18.6. The summed E-state index contributed by atoms with van der Waals surface area (Å²) in [6.07, 6.45) is -0.502. The second-order valence-corrected chi connectivity index (χ2v) is 7.65. The van der Waals surface area contributed by atoms with Gasteiger partial charge in [0.15, 0.2) is 0 Å². The van der Waals surface area contributed by atoms with Crippen molar-refractivity contribution in [2.24, 2.45) is 0 Å². The van der Waals surface area contributed by atoms with Crippen molar-refractivity contribution in [3.05, 3.63) is 58.3 Å². The van der Waals surface area contributed by atoms with Crippen LogP contribution >= 0.6 is 15.9 Å². The first-order valence-corrected chi connectivity index (χ1v) is 8.75. The van der Waals surface area contributed by atoms with Crippen LogP contribution in [0.25, 0.3) is 0 Å². The molecule has 1 amide bonds. The SMILES string of the molecule is CC(Nc1ccc(NC(=O)OC(C)(C)C)cc1)c1cc(Br)ccc1F. The van der Waals surface area contributed by atoms with Gasteiger partial charge in [-0.2, -0.15) is 0 Å². The van der Waals surface area contributed by atoms with E-state index in [2.05, 4.69) is 26.6 Å². The number of ether oxygens (including phenoxy) is 1. The standard InChI is InChI=1S/C19H22BrFN2O2/c1-12(16-11-13(20)5-10-17(16)21)22-14-6-8-15(9-7-14)23-18(24)25-19(2,3)4/h5-12,22H,1-4H3,(H,23,24). The summed E-state index contributed by atoms with van der Waals surface area (Å²) < 4.78 is 20.0. The lowest BCUT2D eigenvalue weighted by Crippen LogP contribution is -2.27. The van der Waals surface area contributed by atoms with E-state index in [0.717, 1.165) is 10.2 Å². The van der Waals surface area contributed by atoms with Gasteiger partial charge in [0, 0.05) is 21.4 Å². The largest absolute Gasteiger partial charge is 0.444 e. The maximum atomic E-state index is 13.9. The topological polar surface area (TPSA) is 50.4 Å². The van der Waals surface area contributed by atoms with E-state index in [1.54, 1.807) is 24.3 Å². The quantitative estimate of drug-likeness (QED) is 0.641. The van der Waals surface area contributed by atoms with Crippen molar-refractivity contribution in [1.29, 1.82) is 0 Å². The zero-order valence-electron chi connectivity index (χ0n) is 14.7. The molecule has 0 saturated carbocycles. The fourth-order valence-corrected chi connectivity index (χ4v) is 2.62. The first-order valence-electron chi connectivity index (χ1n) is 7.95. The van der Waals surface area contributed by atoms with Crippen LogP contribution in [0.3, 0.4) is 0 Å². The third kappa shape index (κ3) is 6.05. The maximum Gasteiger partial charge on any atom is 0.412 e. The molecule has 0 fully saturated rings. The number of halogens is 2. The Hall–Kier alpha value is -2.08. The third-order valence-corrected chi connectivity index (χ3v) is 3.83. The third-order valence-electron chi connectivity index (χ3n) is 3.34. The van der Waals surface area contributed by atoms with Gasteiger partial charge in [-0.1, -0.05) is 15.9 Å². The fourth-order valence-electron chi connectivity index (χ4n) is 2.25. The van der Waals surface area contributed by atoms with Crippen molar-refractivity contribution in [2.75, 3.05) is 10.6 Å². The normalized spacial score (nSPS) is 12.4. The van der Waals surface area contributed by atoms with Gasteiger partial charge < -0.3 is 10.1 Å². The van der Waals surface area contributed by atoms with Gasteiger partial charge >= 0.3 is 6.09 Å². The monoisotopic (exact) mass is 408 g/mol. The highest BCUT2D eigenvalue weighted by atomic mass is 79.9. The summed E-state index contributed by atoms with van der Waals surface area (Å²) in [5.74, 6) is -0.258. The lowest BCUT2D eigenvalue weighted by Gasteiger charge is -2.20. The number of carbonyl (C=O) groups is 1. The average Bonchev–Trinajstić information content (AvgIpc) is 2.49. The Morgan fingerprint density at radius 1 is 1.12 bits per heavy atom. The summed E-state index contributed by atoms with van der Waals surface area (Å²) in [6.45, 7) is 7.31. The smallest absolute Gasteiger partial charge is 0.412 e. The van der Waals surface area contributed by atoms with Crippen LogP contribution in [0.4, 0.5) is 20.6 Å². The molecule has 4 nitrogen and oxygen atoms in total. The van der Waals surface area contributed by atoms with E-state index >= 15 is 0 Å². The van der Waals surface area contributed by atoms with Crippen molar-refractivity contribution in [3.8, 4) is 0 Å². The summed E-state index contributed by atoms with van der Waals surface area (Å²) >= 11 is 3.36. The molecular formula is C19H22BrFN2O2. The molecular weight excluding hydrogens is 387 g/mol. The molecule has 134 valence electrons. The molecule has 1 unspecified atom stereocenters. The van der Waals surface area contributed by atoms with E-state index < -0.39 is 11.7 Å². The predicted molar refractivity (Wildman–Crippen MR) is 102 cm³/mol. The van der Waals surface area contributed by atoms with E-state index in [0.29, 0.717) is 11.3 Å². The lowest BCUT2D eigenvalue weighted by atomic mass is 10.1. The Morgan fingerprint density at radius 3 is 2.32 bits per heavy atom. The molecule has 2 aromatic carbocycles. The zero-order valence-corrected chi connectivity index (χ0v) is 16.3. The van der Waals surface area contributed by atoms with Crippen LogP contribution in [0.1, 0.15) is 39.3 Å². The van der Waals surface area contributed by atoms with Gasteiger partial charge in [0.05, 0.1) is 6.04 Å². The Morgan fingerprint density at radius 2 is 1.72 bits per heavy atom. The number of hydrogen-bond acceptors (Lipinski definition) is 3. The van der Waals surface area contributed by atoms with Crippen LogP contribution < -0.4 is 10.6 Å². The first kappa shape index (κ1) is 19.2. The second kappa shape index (κ2) is 7.87. The van der Waals surface area contributed by atoms with E-state index in [1.807, 2.05) is 39.8 Å². The molecule has 0 bridgehead atoms.